The van der Waals surface area contributed by atoms with Gasteiger partial charge in [0.1, 0.15) is 0 Å². The van der Waals surface area contributed by atoms with Gasteiger partial charge in [0.15, 0.2) is 5.76 Å². The van der Waals surface area contributed by atoms with Gasteiger partial charge in [-0.25, -0.2) is 0 Å². The molecule has 1 heterocycles. The topological polar surface area (TPSA) is 40.5 Å². The van der Waals surface area contributed by atoms with E-state index in [9.17, 15) is 9.90 Å². The van der Waals surface area contributed by atoms with Crippen LogP contribution in [0.15, 0.2) is 41.7 Å². The molecule has 1 aromatic rings. The third-order valence-electron chi connectivity index (χ3n) is 3.20. The van der Waals surface area contributed by atoms with Crippen molar-refractivity contribution in [1.82, 2.24) is 4.90 Å². The van der Waals surface area contributed by atoms with Gasteiger partial charge >= 0.3 is 0 Å². The zero-order chi connectivity index (χ0) is 13.3. The van der Waals surface area contributed by atoms with Gasteiger partial charge in [-0.1, -0.05) is 30.3 Å². The van der Waals surface area contributed by atoms with Crippen molar-refractivity contribution in [3.05, 3.63) is 47.2 Å². The number of rotatable bonds is 2. The number of hydrogen-bond donors (Lipinski definition) is 1. The molecular weight excluding hydrogens is 226 g/mol. The number of amides is 1. The van der Waals surface area contributed by atoms with Gasteiger partial charge in [-0.2, -0.15) is 0 Å². The molecule has 0 unspecified atom stereocenters. The Bertz CT molecular complexity index is 483. The predicted octanol–water partition coefficient (Wildman–Crippen LogP) is 2.68. The van der Waals surface area contributed by atoms with Crippen LogP contribution in [-0.4, -0.2) is 28.0 Å². The van der Waals surface area contributed by atoms with Gasteiger partial charge in [0.05, 0.1) is 0 Å². The minimum Gasteiger partial charge on any atom is -0.503 e. The van der Waals surface area contributed by atoms with Gasteiger partial charge in [0, 0.05) is 17.7 Å². The molecule has 0 fully saturated rings. The highest BCUT2D eigenvalue weighted by Gasteiger charge is 2.36. The van der Waals surface area contributed by atoms with Crippen LogP contribution in [0.3, 0.4) is 0 Å². The number of benzene rings is 1. The van der Waals surface area contributed by atoms with Crippen molar-refractivity contribution in [2.75, 3.05) is 6.54 Å². The number of aliphatic hydroxyl groups excluding tert-OH is 1. The fourth-order valence-electron chi connectivity index (χ4n) is 2.14. The van der Waals surface area contributed by atoms with Crippen LogP contribution in [0.5, 0.6) is 0 Å². The van der Waals surface area contributed by atoms with E-state index in [-0.39, 0.29) is 17.2 Å². The summed E-state index contributed by atoms with van der Waals surface area (Å²) in [5, 5.41) is 9.94. The Morgan fingerprint density at radius 1 is 1.22 bits per heavy atom. The normalized spacial score (nSPS) is 16.6. The van der Waals surface area contributed by atoms with E-state index in [2.05, 4.69) is 0 Å². The molecule has 3 nitrogen and oxygen atoms in total. The van der Waals surface area contributed by atoms with Gasteiger partial charge in [0.25, 0.3) is 5.91 Å². The SMILES string of the molecule is CC(C)(C)N1CC(Cc2ccccc2)=C(O)C1=O. The maximum absolute atomic E-state index is 12.0. The Hall–Kier alpha value is -1.77. The molecule has 0 bridgehead atoms. The molecule has 0 aliphatic carbocycles. The third kappa shape index (κ3) is 2.40. The zero-order valence-corrected chi connectivity index (χ0v) is 11.1. The first kappa shape index (κ1) is 12.7. The fourth-order valence-corrected chi connectivity index (χ4v) is 2.14. The second-order valence-electron chi connectivity index (χ2n) is 5.68. The fraction of sp³-hybridized carbons (Fsp3) is 0.400. The van der Waals surface area contributed by atoms with Crippen molar-refractivity contribution in [1.29, 1.82) is 0 Å². The lowest BCUT2D eigenvalue weighted by Crippen LogP contribution is -2.43. The van der Waals surface area contributed by atoms with Crippen molar-refractivity contribution in [3.8, 4) is 0 Å². The highest BCUT2D eigenvalue weighted by molar-refractivity contribution is 5.95. The first-order chi connectivity index (χ1) is 8.39. The third-order valence-corrected chi connectivity index (χ3v) is 3.20. The Kier molecular flexibility index (Phi) is 3.16. The van der Waals surface area contributed by atoms with Crippen LogP contribution in [0.2, 0.25) is 0 Å². The highest BCUT2D eigenvalue weighted by Crippen LogP contribution is 2.27. The van der Waals surface area contributed by atoms with E-state index in [1.807, 2.05) is 51.1 Å². The summed E-state index contributed by atoms with van der Waals surface area (Å²) in [4.78, 5) is 13.7. The van der Waals surface area contributed by atoms with Gasteiger partial charge in [-0.15, -0.1) is 0 Å². The molecule has 2 rings (SSSR count). The Morgan fingerprint density at radius 3 is 2.33 bits per heavy atom. The van der Waals surface area contributed by atoms with Gasteiger partial charge < -0.3 is 10.0 Å². The Balaban J connectivity index is 2.18. The standard InChI is InChI=1S/C15H19NO2/c1-15(2,3)16-10-12(13(17)14(16)18)9-11-7-5-4-6-8-11/h4-8,17H,9-10H2,1-3H3. The lowest BCUT2D eigenvalue weighted by molar-refractivity contribution is -0.131. The number of carbonyl (C=O) groups excluding carboxylic acids is 1. The van der Waals surface area contributed by atoms with E-state index in [4.69, 9.17) is 0 Å². The second-order valence-corrected chi connectivity index (χ2v) is 5.68. The van der Waals surface area contributed by atoms with E-state index in [0.717, 1.165) is 11.1 Å². The Labute approximate surface area is 108 Å². The molecule has 1 aliphatic heterocycles. The van der Waals surface area contributed by atoms with Crippen LogP contribution in [-0.2, 0) is 11.2 Å². The summed E-state index contributed by atoms with van der Waals surface area (Å²) in [5.41, 5.74) is 1.66. The van der Waals surface area contributed by atoms with Crippen molar-refractivity contribution in [2.45, 2.75) is 32.7 Å². The van der Waals surface area contributed by atoms with Crippen LogP contribution in [0.25, 0.3) is 0 Å². The summed E-state index contributed by atoms with van der Waals surface area (Å²) in [6, 6.07) is 9.89. The van der Waals surface area contributed by atoms with Crippen molar-refractivity contribution < 1.29 is 9.90 Å². The summed E-state index contributed by atoms with van der Waals surface area (Å²) in [6.45, 7) is 6.44. The van der Waals surface area contributed by atoms with Crippen molar-refractivity contribution >= 4 is 5.91 Å². The summed E-state index contributed by atoms with van der Waals surface area (Å²) in [6.07, 6.45) is 0.630. The lowest BCUT2D eigenvalue weighted by Gasteiger charge is -2.31. The minimum atomic E-state index is -0.260. The molecule has 1 N–H and O–H groups in total. The van der Waals surface area contributed by atoms with E-state index >= 15 is 0 Å². The number of carbonyl (C=O) groups is 1. The number of nitrogens with zero attached hydrogens (tertiary/aromatic N) is 1. The molecule has 0 spiro atoms. The molecule has 1 aliphatic rings. The molecule has 0 radical (unpaired) electrons. The highest BCUT2D eigenvalue weighted by atomic mass is 16.3. The number of aliphatic hydroxyl groups is 1. The maximum atomic E-state index is 12.0. The molecule has 0 saturated carbocycles. The summed E-state index contributed by atoms with van der Waals surface area (Å²) < 4.78 is 0. The summed E-state index contributed by atoms with van der Waals surface area (Å²) in [5.74, 6) is -0.331. The number of hydrogen-bond acceptors (Lipinski definition) is 2. The van der Waals surface area contributed by atoms with Crippen molar-refractivity contribution in [2.24, 2.45) is 0 Å². The molecular formula is C15H19NO2. The van der Waals surface area contributed by atoms with Gasteiger partial charge in [0.2, 0.25) is 0 Å². The average molecular weight is 245 g/mol. The molecule has 96 valence electrons. The summed E-state index contributed by atoms with van der Waals surface area (Å²) in [7, 11) is 0. The molecule has 1 aromatic carbocycles. The van der Waals surface area contributed by atoms with E-state index in [0.29, 0.717) is 13.0 Å². The summed E-state index contributed by atoms with van der Waals surface area (Å²) >= 11 is 0. The van der Waals surface area contributed by atoms with Crippen LogP contribution < -0.4 is 0 Å². The maximum Gasteiger partial charge on any atom is 0.289 e. The first-order valence-corrected chi connectivity index (χ1v) is 6.16. The van der Waals surface area contributed by atoms with Crippen LogP contribution in [0.4, 0.5) is 0 Å². The van der Waals surface area contributed by atoms with E-state index < -0.39 is 0 Å². The van der Waals surface area contributed by atoms with E-state index in [1.165, 1.54) is 0 Å². The zero-order valence-electron chi connectivity index (χ0n) is 11.1. The molecule has 3 heteroatoms. The second kappa shape index (κ2) is 4.48. The molecule has 0 aromatic heterocycles. The molecule has 1 amide bonds. The minimum absolute atomic E-state index is 0.0752. The predicted molar refractivity (Wildman–Crippen MR) is 71.3 cm³/mol. The monoisotopic (exact) mass is 245 g/mol. The first-order valence-electron chi connectivity index (χ1n) is 6.16. The van der Waals surface area contributed by atoms with Crippen molar-refractivity contribution in [3.63, 3.8) is 0 Å². The Morgan fingerprint density at radius 2 is 1.83 bits per heavy atom. The average Bonchev–Trinajstić information content (AvgIpc) is 2.58. The molecule has 18 heavy (non-hydrogen) atoms. The lowest BCUT2D eigenvalue weighted by atomic mass is 10.0. The van der Waals surface area contributed by atoms with E-state index in [1.54, 1.807) is 4.90 Å². The van der Waals surface area contributed by atoms with Gasteiger partial charge in [-0.05, 0) is 32.8 Å². The quantitative estimate of drug-likeness (QED) is 0.870. The van der Waals surface area contributed by atoms with Crippen LogP contribution in [0, 0.1) is 0 Å². The van der Waals surface area contributed by atoms with Crippen LogP contribution in [0.1, 0.15) is 26.3 Å². The van der Waals surface area contributed by atoms with Crippen LogP contribution >= 0.6 is 0 Å². The largest absolute Gasteiger partial charge is 0.503 e. The van der Waals surface area contributed by atoms with Gasteiger partial charge in [-0.3, -0.25) is 4.79 Å². The molecule has 0 atom stereocenters. The smallest absolute Gasteiger partial charge is 0.289 e. The molecule has 0 saturated heterocycles.